The first-order valence-electron chi connectivity index (χ1n) is 7.58. The third kappa shape index (κ3) is 4.88. The molecule has 0 aliphatic rings. The topological polar surface area (TPSA) is 71.4 Å². The molecule has 1 aromatic heterocycles. The van der Waals surface area contributed by atoms with E-state index in [1.165, 1.54) is 37.2 Å². The summed E-state index contributed by atoms with van der Waals surface area (Å²) in [7, 11) is 3.06. The summed E-state index contributed by atoms with van der Waals surface area (Å²) in [4.78, 5) is 37.3. The minimum atomic E-state index is -4.81. The fourth-order valence-electron chi connectivity index (χ4n) is 2.24. The lowest BCUT2D eigenvalue weighted by Gasteiger charge is -2.14. The number of nitrogens with one attached hydrogen (secondary N) is 1. The molecule has 1 aromatic carbocycles. The normalized spacial score (nSPS) is 11.2. The van der Waals surface area contributed by atoms with Crippen LogP contribution in [0.4, 0.5) is 18.9 Å². The second-order valence-corrected chi connectivity index (χ2v) is 6.20. The third-order valence-corrected chi connectivity index (χ3v) is 3.86. The standard InChI is InChI=1S/C17H15ClF3N3O3/c1-23(2)15(26)11-8-10(5-6-13(11)18)22-14(25)9-24-7-3-4-12(16(24)27)17(19,20)21/h3-8H,9H2,1-2H3,(H,22,25). The highest BCUT2D eigenvalue weighted by molar-refractivity contribution is 6.34. The van der Waals surface area contributed by atoms with Gasteiger partial charge in [0.2, 0.25) is 5.91 Å². The van der Waals surface area contributed by atoms with E-state index in [-0.39, 0.29) is 22.2 Å². The van der Waals surface area contributed by atoms with E-state index in [1.807, 2.05) is 0 Å². The monoisotopic (exact) mass is 401 g/mol. The highest BCUT2D eigenvalue weighted by Crippen LogP contribution is 2.26. The van der Waals surface area contributed by atoms with Gasteiger partial charge in [-0.2, -0.15) is 13.2 Å². The van der Waals surface area contributed by atoms with Crippen LogP contribution in [-0.2, 0) is 17.5 Å². The molecule has 0 unspecified atom stereocenters. The lowest BCUT2D eigenvalue weighted by Crippen LogP contribution is -2.32. The van der Waals surface area contributed by atoms with Crippen molar-refractivity contribution in [3.63, 3.8) is 0 Å². The molecular formula is C17H15ClF3N3O3. The van der Waals surface area contributed by atoms with Gasteiger partial charge in [0.25, 0.3) is 11.5 Å². The van der Waals surface area contributed by atoms with Gasteiger partial charge >= 0.3 is 6.18 Å². The number of carbonyl (C=O) groups is 2. The Balaban J connectivity index is 2.21. The lowest BCUT2D eigenvalue weighted by atomic mass is 10.1. The van der Waals surface area contributed by atoms with Crippen molar-refractivity contribution < 1.29 is 22.8 Å². The zero-order valence-electron chi connectivity index (χ0n) is 14.3. The Morgan fingerprint density at radius 1 is 1.22 bits per heavy atom. The van der Waals surface area contributed by atoms with E-state index in [9.17, 15) is 27.6 Å². The molecule has 2 rings (SSSR count). The SMILES string of the molecule is CN(C)C(=O)c1cc(NC(=O)Cn2cccc(C(F)(F)F)c2=O)ccc1Cl. The van der Waals surface area contributed by atoms with E-state index < -0.39 is 29.8 Å². The Kier molecular flexibility index (Phi) is 5.94. The number of anilines is 1. The molecule has 0 spiro atoms. The summed E-state index contributed by atoms with van der Waals surface area (Å²) in [5.41, 5.74) is -2.31. The van der Waals surface area contributed by atoms with Crippen molar-refractivity contribution >= 4 is 29.1 Å². The molecule has 2 aromatic rings. The fraction of sp³-hybridized carbons (Fsp3) is 0.235. The molecule has 144 valence electrons. The first kappa shape index (κ1) is 20.5. The Labute approximate surface area is 157 Å². The fourth-order valence-corrected chi connectivity index (χ4v) is 2.44. The van der Waals surface area contributed by atoms with Gasteiger partial charge < -0.3 is 14.8 Å². The molecule has 0 saturated heterocycles. The predicted octanol–water partition coefficient (Wildman–Crippen LogP) is 2.86. The van der Waals surface area contributed by atoms with Crippen molar-refractivity contribution in [2.75, 3.05) is 19.4 Å². The molecule has 6 nitrogen and oxygen atoms in total. The van der Waals surface area contributed by atoms with Crippen molar-refractivity contribution in [3.8, 4) is 0 Å². The molecule has 0 fully saturated rings. The van der Waals surface area contributed by atoms with Gasteiger partial charge in [-0.1, -0.05) is 11.6 Å². The second-order valence-electron chi connectivity index (χ2n) is 5.80. The van der Waals surface area contributed by atoms with Crippen molar-refractivity contribution in [1.29, 1.82) is 0 Å². The van der Waals surface area contributed by atoms with Gasteiger partial charge in [0.05, 0.1) is 10.6 Å². The van der Waals surface area contributed by atoms with Crippen molar-refractivity contribution in [2.24, 2.45) is 0 Å². The molecule has 0 atom stereocenters. The van der Waals surface area contributed by atoms with Crippen LogP contribution in [0, 0.1) is 0 Å². The summed E-state index contributed by atoms with van der Waals surface area (Å²) >= 11 is 5.97. The molecule has 10 heteroatoms. The Morgan fingerprint density at radius 2 is 1.89 bits per heavy atom. The van der Waals surface area contributed by atoms with Crippen LogP contribution < -0.4 is 10.9 Å². The number of alkyl halides is 3. The molecule has 1 heterocycles. The summed E-state index contributed by atoms with van der Waals surface area (Å²) in [5, 5.41) is 2.61. The van der Waals surface area contributed by atoms with Gasteiger partial charge in [-0.25, -0.2) is 0 Å². The number of carbonyl (C=O) groups excluding carboxylic acids is 2. The summed E-state index contributed by atoms with van der Waals surface area (Å²) in [6.07, 6.45) is -3.73. The Hall–Kier alpha value is -2.81. The number of amides is 2. The molecule has 0 aliphatic heterocycles. The summed E-state index contributed by atoms with van der Waals surface area (Å²) < 4.78 is 39.0. The number of hydrogen-bond acceptors (Lipinski definition) is 3. The van der Waals surface area contributed by atoms with Crippen LogP contribution in [-0.4, -0.2) is 35.4 Å². The largest absolute Gasteiger partial charge is 0.421 e. The number of nitrogens with zero attached hydrogens (tertiary/aromatic N) is 2. The van der Waals surface area contributed by atoms with Crippen LogP contribution >= 0.6 is 11.6 Å². The maximum atomic E-state index is 12.8. The smallest absolute Gasteiger partial charge is 0.345 e. The third-order valence-electron chi connectivity index (χ3n) is 3.53. The van der Waals surface area contributed by atoms with Gasteiger partial charge in [-0.05, 0) is 30.3 Å². The summed E-state index contributed by atoms with van der Waals surface area (Å²) in [5.74, 6) is -1.12. The van der Waals surface area contributed by atoms with Gasteiger partial charge in [-0.3, -0.25) is 14.4 Å². The van der Waals surface area contributed by atoms with Crippen LogP contribution in [0.5, 0.6) is 0 Å². The predicted molar refractivity (Wildman–Crippen MR) is 93.8 cm³/mol. The number of aromatic nitrogens is 1. The highest BCUT2D eigenvalue weighted by Gasteiger charge is 2.34. The Morgan fingerprint density at radius 3 is 2.48 bits per heavy atom. The number of pyridine rings is 1. The van der Waals surface area contributed by atoms with Crippen LogP contribution in [0.1, 0.15) is 15.9 Å². The van der Waals surface area contributed by atoms with Gasteiger partial charge in [0, 0.05) is 26.0 Å². The maximum Gasteiger partial charge on any atom is 0.421 e. The molecule has 0 aliphatic carbocycles. The number of hydrogen-bond donors (Lipinski definition) is 1. The van der Waals surface area contributed by atoms with E-state index in [4.69, 9.17) is 11.6 Å². The summed E-state index contributed by atoms with van der Waals surface area (Å²) in [6.45, 7) is -0.623. The lowest BCUT2D eigenvalue weighted by molar-refractivity contribution is -0.139. The minimum Gasteiger partial charge on any atom is -0.345 e. The molecule has 0 bridgehead atoms. The zero-order valence-corrected chi connectivity index (χ0v) is 15.1. The number of halogens is 4. The van der Waals surface area contributed by atoms with E-state index in [0.717, 1.165) is 12.3 Å². The van der Waals surface area contributed by atoms with Crippen LogP contribution in [0.3, 0.4) is 0 Å². The van der Waals surface area contributed by atoms with Crippen molar-refractivity contribution in [3.05, 3.63) is 63.0 Å². The van der Waals surface area contributed by atoms with E-state index in [0.29, 0.717) is 10.6 Å². The van der Waals surface area contributed by atoms with Gasteiger partial charge in [-0.15, -0.1) is 0 Å². The molecule has 0 radical (unpaired) electrons. The maximum absolute atomic E-state index is 12.8. The first-order chi connectivity index (χ1) is 12.5. The van der Waals surface area contributed by atoms with Gasteiger partial charge in [0.1, 0.15) is 12.1 Å². The second kappa shape index (κ2) is 7.83. The van der Waals surface area contributed by atoms with E-state index >= 15 is 0 Å². The average Bonchev–Trinajstić information content (AvgIpc) is 2.56. The zero-order chi connectivity index (χ0) is 20.4. The highest BCUT2D eigenvalue weighted by atomic mass is 35.5. The van der Waals surface area contributed by atoms with Crippen molar-refractivity contribution in [1.82, 2.24) is 9.47 Å². The van der Waals surface area contributed by atoms with Crippen molar-refractivity contribution in [2.45, 2.75) is 12.7 Å². The molecule has 27 heavy (non-hydrogen) atoms. The van der Waals surface area contributed by atoms with E-state index in [2.05, 4.69) is 5.32 Å². The molecule has 1 N–H and O–H groups in total. The first-order valence-corrected chi connectivity index (χ1v) is 7.96. The van der Waals surface area contributed by atoms with Gasteiger partial charge in [0.15, 0.2) is 0 Å². The average molecular weight is 402 g/mol. The molecular weight excluding hydrogens is 387 g/mol. The number of rotatable bonds is 4. The minimum absolute atomic E-state index is 0.149. The Bertz CT molecular complexity index is 939. The van der Waals surface area contributed by atoms with Crippen LogP contribution in [0.2, 0.25) is 5.02 Å². The van der Waals surface area contributed by atoms with Crippen LogP contribution in [0.25, 0.3) is 0 Å². The number of benzene rings is 1. The summed E-state index contributed by atoms with van der Waals surface area (Å²) in [6, 6.07) is 5.87. The molecule has 0 saturated carbocycles. The molecule has 2 amide bonds. The van der Waals surface area contributed by atoms with Crippen LogP contribution in [0.15, 0.2) is 41.3 Å². The van der Waals surface area contributed by atoms with E-state index in [1.54, 1.807) is 0 Å². The quantitative estimate of drug-likeness (QED) is 0.856.